The molecule has 0 unspecified atom stereocenters. The molecular formula is C30H27Br3ClN3O3. The normalized spacial score (nSPS) is 14.2. The molecule has 1 heterocycles. The van der Waals surface area contributed by atoms with Gasteiger partial charge in [-0.2, -0.15) is 9.78 Å². The van der Waals surface area contributed by atoms with Crippen LogP contribution in [0, 0.1) is 0 Å². The summed E-state index contributed by atoms with van der Waals surface area (Å²) in [5.41, 5.74) is 2.12. The number of para-hydroxylation sites is 1. The van der Waals surface area contributed by atoms with Crippen molar-refractivity contribution < 1.29 is 9.47 Å². The van der Waals surface area contributed by atoms with Gasteiger partial charge < -0.3 is 9.47 Å². The molecule has 0 aliphatic heterocycles. The van der Waals surface area contributed by atoms with Gasteiger partial charge in [0.2, 0.25) is 0 Å². The van der Waals surface area contributed by atoms with Crippen molar-refractivity contribution in [3.05, 3.63) is 94.3 Å². The number of hydrogen-bond acceptors (Lipinski definition) is 5. The first-order valence-corrected chi connectivity index (χ1v) is 15.9. The molecule has 5 rings (SSSR count). The summed E-state index contributed by atoms with van der Waals surface area (Å²) in [5, 5.41) is 5.56. The maximum atomic E-state index is 13.6. The number of benzene rings is 3. The van der Waals surface area contributed by atoms with Gasteiger partial charge in [0.15, 0.2) is 11.5 Å². The van der Waals surface area contributed by atoms with Gasteiger partial charge in [-0.1, -0.05) is 80.9 Å². The van der Waals surface area contributed by atoms with E-state index in [1.807, 2.05) is 49.4 Å². The van der Waals surface area contributed by atoms with Crippen LogP contribution in [0.3, 0.4) is 0 Å². The molecule has 1 saturated carbocycles. The predicted octanol–water partition coefficient (Wildman–Crippen LogP) is 9.24. The summed E-state index contributed by atoms with van der Waals surface area (Å²) in [6.45, 7) is 2.61. The van der Waals surface area contributed by atoms with Crippen LogP contribution in [0.1, 0.15) is 61.9 Å². The summed E-state index contributed by atoms with van der Waals surface area (Å²) < 4.78 is 16.0. The van der Waals surface area contributed by atoms with E-state index in [0.717, 1.165) is 40.2 Å². The lowest BCUT2D eigenvalue weighted by atomic mass is 9.88. The first-order valence-electron chi connectivity index (χ1n) is 13.1. The van der Waals surface area contributed by atoms with Gasteiger partial charge in [0, 0.05) is 30.5 Å². The molecule has 1 fully saturated rings. The van der Waals surface area contributed by atoms with E-state index < -0.39 is 0 Å². The van der Waals surface area contributed by atoms with Gasteiger partial charge in [-0.3, -0.25) is 4.79 Å². The van der Waals surface area contributed by atoms with Gasteiger partial charge in [-0.25, -0.2) is 4.98 Å². The third kappa shape index (κ3) is 6.32. The third-order valence-electron chi connectivity index (χ3n) is 6.90. The minimum atomic E-state index is -0.185. The Morgan fingerprint density at radius 3 is 2.60 bits per heavy atom. The summed E-state index contributed by atoms with van der Waals surface area (Å²) in [5.74, 6) is 1.80. The Morgan fingerprint density at radius 1 is 1.07 bits per heavy atom. The van der Waals surface area contributed by atoms with Crippen molar-refractivity contribution in [2.75, 3.05) is 6.61 Å². The molecule has 1 aliphatic carbocycles. The number of nitrogens with zero attached hydrogens (tertiary/aromatic N) is 3. The Hall–Kier alpha value is -2.20. The van der Waals surface area contributed by atoms with Gasteiger partial charge in [0.1, 0.15) is 17.5 Å². The van der Waals surface area contributed by atoms with Crippen LogP contribution in [-0.4, -0.2) is 22.5 Å². The molecule has 208 valence electrons. The van der Waals surface area contributed by atoms with E-state index in [1.54, 1.807) is 12.3 Å². The molecular weight excluding hydrogens is 726 g/mol. The van der Waals surface area contributed by atoms with Crippen LogP contribution in [0.5, 0.6) is 11.5 Å². The summed E-state index contributed by atoms with van der Waals surface area (Å²) in [6, 6.07) is 15.1. The van der Waals surface area contributed by atoms with E-state index in [9.17, 15) is 4.79 Å². The average Bonchev–Trinajstić information content (AvgIpc) is 2.96. The molecule has 0 amide bonds. The van der Waals surface area contributed by atoms with Crippen molar-refractivity contribution in [1.82, 2.24) is 9.66 Å². The van der Waals surface area contributed by atoms with E-state index in [1.165, 1.54) is 11.1 Å². The Balaban J connectivity index is 1.53. The molecule has 0 bridgehead atoms. The van der Waals surface area contributed by atoms with Gasteiger partial charge in [0.05, 0.1) is 23.7 Å². The highest BCUT2D eigenvalue weighted by Gasteiger charge is 2.23. The molecule has 0 spiro atoms. The van der Waals surface area contributed by atoms with Crippen LogP contribution in [0.25, 0.3) is 10.9 Å². The zero-order valence-corrected chi connectivity index (χ0v) is 27.3. The highest BCUT2D eigenvalue weighted by atomic mass is 79.9. The van der Waals surface area contributed by atoms with E-state index in [-0.39, 0.29) is 18.1 Å². The van der Waals surface area contributed by atoms with Crippen molar-refractivity contribution in [3.63, 3.8) is 0 Å². The lowest BCUT2D eigenvalue weighted by molar-refractivity contribution is 0.269. The van der Waals surface area contributed by atoms with Crippen LogP contribution in [0.2, 0.25) is 5.02 Å². The highest BCUT2D eigenvalue weighted by molar-refractivity contribution is 9.11. The first kappa shape index (κ1) is 29.3. The summed E-state index contributed by atoms with van der Waals surface area (Å²) in [6.07, 6.45) is 7.05. The third-order valence-corrected chi connectivity index (χ3v) is 9.58. The van der Waals surface area contributed by atoms with E-state index in [4.69, 9.17) is 26.1 Å². The van der Waals surface area contributed by atoms with Crippen molar-refractivity contribution in [1.29, 1.82) is 0 Å². The number of fused-ring (bicyclic) bond motifs is 1. The second-order valence-electron chi connectivity index (χ2n) is 9.56. The van der Waals surface area contributed by atoms with Crippen LogP contribution in [0.15, 0.2) is 71.8 Å². The maximum Gasteiger partial charge on any atom is 0.282 e. The molecule has 1 aliphatic rings. The minimum Gasteiger partial charge on any atom is -0.490 e. The second kappa shape index (κ2) is 13.2. The Morgan fingerprint density at radius 2 is 1.85 bits per heavy atom. The molecule has 4 aromatic rings. The number of hydrogen-bond donors (Lipinski definition) is 0. The lowest BCUT2D eigenvalue weighted by Crippen LogP contribution is -2.25. The number of halogens is 4. The Labute approximate surface area is 263 Å². The van der Waals surface area contributed by atoms with Crippen LogP contribution in [0.4, 0.5) is 0 Å². The van der Waals surface area contributed by atoms with E-state index in [2.05, 4.69) is 52.9 Å². The zero-order chi connectivity index (χ0) is 28.2. The molecule has 1 aromatic heterocycles. The zero-order valence-electron chi connectivity index (χ0n) is 21.8. The Kier molecular flexibility index (Phi) is 9.66. The van der Waals surface area contributed by atoms with Gasteiger partial charge in [-0.15, -0.1) is 0 Å². The van der Waals surface area contributed by atoms with Crippen LogP contribution in [-0.2, 0) is 6.61 Å². The monoisotopic (exact) mass is 749 g/mol. The largest absolute Gasteiger partial charge is 0.490 e. The van der Waals surface area contributed by atoms with E-state index in [0.29, 0.717) is 49.9 Å². The molecule has 0 atom stereocenters. The second-order valence-corrected chi connectivity index (χ2v) is 12.5. The fourth-order valence-corrected chi connectivity index (χ4v) is 6.70. The van der Waals surface area contributed by atoms with Gasteiger partial charge in [0.25, 0.3) is 5.56 Å². The topological polar surface area (TPSA) is 65.7 Å². The van der Waals surface area contributed by atoms with Crippen molar-refractivity contribution >= 4 is 76.5 Å². The fraction of sp³-hybridized carbons (Fsp3) is 0.300. The SMILES string of the molecule is CCOc1cc(C=Nn2c(C3CCCCC3)nc3ccccc3c2=O)c(Br)c(Cl)c1OCc1ccc(Br)cc1Br. The predicted molar refractivity (Wildman–Crippen MR) is 171 cm³/mol. The molecule has 40 heavy (non-hydrogen) atoms. The van der Waals surface area contributed by atoms with Crippen LogP contribution < -0.4 is 15.0 Å². The summed E-state index contributed by atoms with van der Waals surface area (Å²) in [7, 11) is 0. The van der Waals surface area contributed by atoms with Crippen LogP contribution >= 0.6 is 59.4 Å². The molecule has 6 nitrogen and oxygen atoms in total. The van der Waals surface area contributed by atoms with Gasteiger partial charge >= 0.3 is 0 Å². The molecule has 10 heteroatoms. The van der Waals surface area contributed by atoms with Gasteiger partial charge in [-0.05, 0) is 66.0 Å². The standard InChI is InChI=1S/C30H27Br3ClN3O3/c1-2-39-25-14-20(26(33)27(34)28(25)40-17-19-12-13-21(31)15-23(19)32)16-35-37-29(18-8-4-3-5-9-18)36-24-11-7-6-10-22(24)30(37)38/h6-7,10-16,18H,2-5,8-9,17H2,1H3. The molecule has 0 radical (unpaired) electrons. The van der Waals surface area contributed by atoms with Crippen molar-refractivity contribution in [3.8, 4) is 11.5 Å². The molecule has 3 aromatic carbocycles. The first-order chi connectivity index (χ1) is 19.4. The number of ether oxygens (including phenoxy) is 2. The van der Waals surface area contributed by atoms with Crippen molar-refractivity contribution in [2.24, 2.45) is 5.10 Å². The molecule has 0 saturated heterocycles. The van der Waals surface area contributed by atoms with E-state index >= 15 is 0 Å². The quantitative estimate of drug-likeness (QED) is 0.169. The fourth-order valence-electron chi connectivity index (χ4n) is 4.88. The summed E-state index contributed by atoms with van der Waals surface area (Å²) >= 11 is 17.5. The minimum absolute atomic E-state index is 0.183. The lowest BCUT2D eigenvalue weighted by Gasteiger charge is -2.22. The van der Waals surface area contributed by atoms with Crippen molar-refractivity contribution in [2.45, 2.75) is 51.6 Å². The maximum absolute atomic E-state index is 13.6. The Bertz CT molecular complexity index is 1630. The average molecular weight is 753 g/mol. The number of rotatable bonds is 8. The highest BCUT2D eigenvalue weighted by Crippen LogP contribution is 2.43. The number of aromatic nitrogens is 2. The summed E-state index contributed by atoms with van der Waals surface area (Å²) in [4.78, 5) is 18.5. The smallest absolute Gasteiger partial charge is 0.282 e. The molecule has 0 N–H and O–H groups in total.